The summed E-state index contributed by atoms with van der Waals surface area (Å²) in [6, 6.07) is 0.754. The van der Waals surface area contributed by atoms with Gasteiger partial charge in [-0.3, -0.25) is 9.58 Å². The Bertz CT molecular complexity index is 401. The number of alkyl halides is 1. The highest BCUT2D eigenvalue weighted by atomic mass is 79.9. The van der Waals surface area contributed by atoms with Crippen molar-refractivity contribution in [3.05, 3.63) is 16.4 Å². The second kappa shape index (κ2) is 6.40. The van der Waals surface area contributed by atoms with Gasteiger partial charge in [0, 0.05) is 31.0 Å². The first-order chi connectivity index (χ1) is 8.71. The van der Waals surface area contributed by atoms with E-state index in [1.54, 1.807) is 0 Å². The smallest absolute Gasteiger partial charge is 0.0863 e. The van der Waals surface area contributed by atoms with Gasteiger partial charge in [0.2, 0.25) is 0 Å². The second-order valence-electron chi connectivity index (χ2n) is 4.77. The molecule has 0 amide bonds. The molecule has 0 atom stereocenters. The Kier molecular flexibility index (Phi) is 5.10. The molecule has 1 aromatic heterocycles. The van der Waals surface area contributed by atoms with Crippen LogP contribution in [0.4, 0.5) is 0 Å². The number of hydrogen-bond donors (Lipinski definition) is 0. The van der Waals surface area contributed by atoms with E-state index < -0.39 is 0 Å². The largest absolute Gasteiger partial charge is 0.294 e. The highest BCUT2D eigenvalue weighted by Crippen LogP contribution is 2.30. The number of halogens is 2. The molecule has 2 rings (SSSR count). The number of hydrogen-bond acceptors (Lipinski definition) is 2. The molecular formula is C13H21BrClN3. The van der Waals surface area contributed by atoms with Crippen LogP contribution in [0.3, 0.4) is 0 Å². The Morgan fingerprint density at radius 1 is 1.44 bits per heavy atom. The van der Waals surface area contributed by atoms with Gasteiger partial charge in [0.15, 0.2) is 0 Å². The molecule has 0 saturated heterocycles. The van der Waals surface area contributed by atoms with Crippen molar-refractivity contribution in [1.82, 2.24) is 14.7 Å². The summed E-state index contributed by atoms with van der Waals surface area (Å²) in [5.74, 6) is 0. The van der Waals surface area contributed by atoms with E-state index in [-0.39, 0.29) is 0 Å². The summed E-state index contributed by atoms with van der Waals surface area (Å²) in [6.07, 6.45) is 3.55. The summed E-state index contributed by atoms with van der Waals surface area (Å²) < 4.78 is 2.06. The molecule has 0 spiro atoms. The lowest BCUT2D eigenvalue weighted by Gasteiger charge is -2.21. The molecular weight excluding hydrogens is 314 g/mol. The quantitative estimate of drug-likeness (QED) is 0.712. The first-order valence-corrected chi connectivity index (χ1v) is 8.25. The summed E-state index contributed by atoms with van der Waals surface area (Å²) in [5, 5.41) is 6.48. The Morgan fingerprint density at radius 3 is 2.67 bits per heavy atom. The number of nitrogens with zero attached hydrogens (tertiary/aromatic N) is 3. The molecule has 1 aliphatic rings. The van der Waals surface area contributed by atoms with E-state index in [2.05, 4.69) is 44.5 Å². The van der Waals surface area contributed by atoms with E-state index >= 15 is 0 Å². The summed E-state index contributed by atoms with van der Waals surface area (Å²) in [5.41, 5.74) is 2.21. The molecule has 0 unspecified atom stereocenters. The molecule has 1 aliphatic carbocycles. The number of aryl methyl sites for hydroxylation is 2. The van der Waals surface area contributed by atoms with Crippen LogP contribution in [0, 0.1) is 0 Å². The topological polar surface area (TPSA) is 21.1 Å². The zero-order valence-corrected chi connectivity index (χ0v) is 13.5. The van der Waals surface area contributed by atoms with Crippen LogP contribution in [-0.4, -0.2) is 32.6 Å². The lowest BCUT2D eigenvalue weighted by molar-refractivity contribution is 0.263. The highest BCUT2D eigenvalue weighted by molar-refractivity contribution is 9.09. The van der Waals surface area contributed by atoms with E-state index in [1.165, 1.54) is 18.5 Å². The third-order valence-electron chi connectivity index (χ3n) is 3.48. The molecule has 102 valence electrons. The maximum Gasteiger partial charge on any atom is 0.0863 e. The minimum atomic E-state index is 0.754. The van der Waals surface area contributed by atoms with Gasteiger partial charge in [-0.15, -0.1) is 0 Å². The predicted molar refractivity (Wildman–Crippen MR) is 79.5 cm³/mol. The van der Waals surface area contributed by atoms with Crippen LogP contribution >= 0.6 is 27.5 Å². The van der Waals surface area contributed by atoms with E-state index in [1.807, 2.05) is 0 Å². The van der Waals surface area contributed by atoms with Gasteiger partial charge >= 0.3 is 0 Å². The van der Waals surface area contributed by atoms with Crippen molar-refractivity contribution >= 4 is 27.5 Å². The Morgan fingerprint density at radius 2 is 2.17 bits per heavy atom. The Hall–Kier alpha value is -0.0600. The van der Waals surface area contributed by atoms with E-state index in [4.69, 9.17) is 11.6 Å². The third kappa shape index (κ3) is 3.09. The van der Waals surface area contributed by atoms with Gasteiger partial charge in [-0.2, -0.15) is 5.10 Å². The predicted octanol–water partition coefficient (Wildman–Crippen LogP) is 3.48. The van der Waals surface area contributed by atoms with Crippen molar-refractivity contribution in [1.29, 1.82) is 0 Å². The van der Waals surface area contributed by atoms with Crippen molar-refractivity contribution in [3.8, 4) is 0 Å². The van der Waals surface area contributed by atoms with Gasteiger partial charge in [0.05, 0.1) is 16.4 Å². The Balaban J connectivity index is 2.17. The first-order valence-electron chi connectivity index (χ1n) is 6.75. The van der Waals surface area contributed by atoms with Crippen LogP contribution in [-0.2, 0) is 19.5 Å². The van der Waals surface area contributed by atoms with E-state index in [0.717, 1.165) is 48.1 Å². The van der Waals surface area contributed by atoms with Crippen LogP contribution in [0.5, 0.6) is 0 Å². The average Bonchev–Trinajstić information content (AvgIpc) is 3.16. The second-order valence-corrected chi connectivity index (χ2v) is 5.94. The minimum Gasteiger partial charge on any atom is -0.294 e. The fraction of sp³-hybridized carbons (Fsp3) is 0.769. The molecule has 3 nitrogen and oxygen atoms in total. The summed E-state index contributed by atoms with van der Waals surface area (Å²) in [7, 11) is 0. The van der Waals surface area contributed by atoms with Crippen LogP contribution in [0.25, 0.3) is 0 Å². The molecule has 18 heavy (non-hydrogen) atoms. The van der Waals surface area contributed by atoms with Crippen LogP contribution in [0.1, 0.15) is 38.1 Å². The van der Waals surface area contributed by atoms with Crippen LogP contribution < -0.4 is 0 Å². The third-order valence-corrected chi connectivity index (χ3v) is 4.27. The normalized spacial score (nSPS) is 15.6. The molecule has 0 bridgehead atoms. The Labute approximate surface area is 123 Å². The lowest BCUT2D eigenvalue weighted by atomic mass is 10.3. The highest BCUT2D eigenvalue weighted by Gasteiger charge is 2.30. The summed E-state index contributed by atoms with van der Waals surface area (Å²) in [4.78, 5) is 2.52. The van der Waals surface area contributed by atoms with Gasteiger partial charge in [-0.1, -0.05) is 34.5 Å². The zero-order valence-electron chi connectivity index (χ0n) is 11.1. The zero-order chi connectivity index (χ0) is 13.1. The molecule has 0 aliphatic heterocycles. The summed E-state index contributed by atoms with van der Waals surface area (Å²) >= 11 is 9.99. The van der Waals surface area contributed by atoms with E-state index in [9.17, 15) is 0 Å². The number of rotatable bonds is 7. The maximum atomic E-state index is 6.46. The fourth-order valence-corrected chi connectivity index (χ4v) is 3.08. The van der Waals surface area contributed by atoms with Gasteiger partial charge in [-0.25, -0.2) is 0 Å². The van der Waals surface area contributed by atoms with Crippen LogP contribution in [0.15, 0.2) is 0 Å². The lowest BCUT2D eigenvalue weighted by Crippen LogP contribution is -2.28. The first kappa shape index (κ1) is 14.4. The number of aromatic nitrogens is 2. The molecule has 0 radical (unpaired) electrons. The average molecular weight is 335 g/mol. The van der Waals surface area contributed by atoms with Crippen LogP contribution in [0.2, 0.25) is 5.02 Å². The standard InChI is InChI=1S/C13H21BrClN3/c1-3-11-13(15)12(18(4-2)16-11)9-17(8-7-14)10-5-6-10/h10H,3-9H2,1-2H3. The molecule has 0 aromatic carbocycles. The minimum absolute atomic E-state index is 0.754. The summed E-state index contributed by atoms with van der Waals surface area (Å²) in [6.45, 7) is 7.13. The molecule has 0 N–H and O–H groups in total. The molecule has 1 heterocycles. The van der Waals surface area contributed by atoms with Crippen molar-refractivity contribution in [2.45, 2.75) is 52.2 Å². The maximum absolute atomic E-state index is 6.46. The van der Waals surface area contributed by atoms with Gasteiger partial charge in [0.25, 0.3) is 0 Å². The fourth-order valence-electron chi connectivity index (χ4n) is 2.30. The molecule has 5 heteroatoms. The SMILES string of the molecule is CCc1nn(CC)c(CN(CCBr)C2CC2)c1Cl. The van der Waals surface area contributed by atoms with Crippen molar-refractivity contribution in [2.24, 2.45) is 0 Å². The van der Waals surface area contributed by atoms with Crippen molar-refractivity contribution in [3.63, 3.8) is 0 Å². The van der Waals surface area contributed by atoms with Gasteiger partial charge < -0.3 is 0 Å². The van der Waals surface area contributed by atoms with Gasteiger partial charge in [0.1, 0.15) is 0 Å². The molecule has 1 aromatic rings. The van der Waals surface area contributed by atoms with Crippen molar-refractivity contribution in [2.75, 3.05) is 11.9 Å². The van der Waals surface area contributed by atoms with Crippen molar-refractivity contribution < 1.29 is 0 Å². The molecule has 1 saturated carbocycles. The molecule has 1 fully saturated rings. The van der Waals surface area contributed by atoms with Gasteiger partial charge in [-0.05, 0) is 26.2 Å². The monoisotopic (exact) mass is 333 g/mol. The van der Waals surface area contributed by atoms with E-state index in [0.29, 0.717) is 0 Å².